The van der Waals surface area contributed by atoms with E-state index >= 15 is 0 Å². The van der Waals surface area contributed by atoms with Gasteiger partial charge >= 0.3 is 6.03 Å². The number of aliphatic hydroxyl groups excluding tert-OH is 2. The summed E-state index contributed by atoms with van der Waals surface area (Å²) in [5.41, 5.74) is -1.44. The van der Waals surface area contributed by atoms with E-state index in [0.717, 1.165) is 4.90 Å². The van der Waals surface area contributed by atoms with Gasteiger partial charge in [-0.05, 0) is 6.92 Å². The van der Waals surface area contributed by atoms with E-state index in [1.54, 1.807) is 0 Å². The van der Waals surface area contributed by atoms with E-state index in [4.69, 9.17) is 20.9 Å². The lowest BCUT2D eigenvalue weighted by molar-refractivity contribution is -0.121. The van der Waals surface area contributed by atoms with Crippen molar-refractivity contribution in [1.29, 1.82) is 5.41 Å². The largest absolute Gasteiger partial charge is 0.393 e. The number of hydrogen-bond donors (Lipinski definition) is 5. The summed E-state index contributed by atoms with van der Waals surface area (Å²) in [5, 5.41) is 29.8. The van der Waals surface area contributed by atoms with Crippen LogP contribution >= 0.6 is 0 Å². The number of aliphatic hydroxyl groups is 2. The maximum Gasteiger partial charge on any atom is 0.329 e. The minimum Gasteiger partial charge on any atom is -0.393 e. The summed E-state index contributed by atoms with van der Waals surface area (Å²) in [5.74, 6) is 4.18. The van der Waals surface area contributed by atoms with E-state index in [1.165, 1.54) is 17.9 Å². The van der Waals surface area contributed by atoms with Crippen LogP contribution in [0.2, 0.25) is 0 Å². The summed E-state index contributed by atoms with van der Waals surface area (Å²) < 4.78 is 5.68. The van der Waals surface area contributed by atoms with Crippen LogP contribution in [0.3, 0.4) is 0 Å². The fourth-order valence-corrected chi connectivity index (χ4v) is 3.27. The molecule has 3 amide bonds. The Labute approximate surface area is 148 Å². The molecule has 0 saturated carbocycles. The number of carbonyl (C=O) groups excluding carboxylic acids is 2. The molecule has 0 bridgehead atoms. The monoisotopic (exact) mass is 368 g/mol. The minimum absolute atomic E-state index is 0.0421. The number of guanidine groups is 1. The van der Waals surface area contributed by atoms with Gasteiger partial charge in [0.1, 0.15) is 11.7 Å². The number of rotatable bonds is 5. The highest BCUT2D eigenvalue weighted by atomic mass is 16.7. The predicted octanol–water partition coefficient (Wildman–Crippen LogP) is -2.53. The van der Waals surface area contributed by atoms with Crippen molar-refractivity contribution in [3.8, 4) is 0 Å². The summed E-state index contributed by atoms with van der Waals surface area (Å²) in [6.45, 7) is 4.48. The molecule has 0 aromatic heterocycles. The highest BCUT2D eigenvalue weighted by Crippen LogP contribution is 2.37. The normalized spacial score (nSPS) is 36.9. The van der Waals surface area contributed by atoms with Crippen LogP contribution in [0.25, 0.3) is 0 Å². The molecule has 26 heavy (non-hydrogen) atoms. The molecule has 3 rings (SSSR count). The van der Waals surface area contributed by atoms with Crippen molar-refractivity contribution in [2.75, 3.05) is 13.2 Å². The maximum atomic E-state index is 12.9. The smallest absolute Gasteiger partial charge is 0.329 e. The van der Waals surface area contributed by atoms with Crippen LogP contribution in [0.5, 0.6) is 0 Å². The molecule has 0 aromatic carbocycles. The summed E-state index contributed by atoms with van der Waals surface area (Å²) >= 11 is 0. The third kappa shape index (κ3) is 2.50. The number of nitrogens with one attached hydrogen (secondary N) is 2. The first kappa shape index (κ1) is 18.4. The van der Waals surface area contributed by atoms with Crippen LogP contribution in [0.1, 0.15) is 6.92 Å². The molecule has 0 radical (unpaired) electrons. The van der Waals surface area contributed by atoms with Crippen molar-refractivity contribution in [2.45, 2.75) is 37.0 Å². The molecule has 12 heteroatoms. The van der Waals surface area contributed by atoms with Gasteiger partial charge < -0.3 is 19.8 Å². The van der Waals surface area contributed by atoms with E-state index in [2.05, 4.69) is 16.9 Å². The molecule has 142 valence electrons. The molecule has 3 aliphatic heterocycles. The highest BCUT2D eigenvalue weighted by molar-refractivity contribution is 6.25. The minimum atomic E-state index is -1.44. The topological polar surface area (TPSA) is 174 Å². The summed E-state index contributed by atoms with van der Waals surface area (Å²) in [4.78, 5) is 36.2. The standard InChI is InChI=1S/C14H20N6O6/c1-3-4-19-6-9(17-12(15)18-10(6)23)20(13(19)24)11-7(26-16)8(22)14(2,5-21)25-11/h3,6-8,11,21-22H,1,4-5,16H2,2H3,(H2,15,18,23). The first-order valence-corrected chi connectivity index (χ1v) is 7.80. The SMILES string of the molecule is C=CCN1C(=O)N(C2OC(C)(CO)C(O)C2ON)C2=NC(=N)NC(=O)C21. The number of nitrogens with two attached hydrogens (primary N) is 1. The van der Waals surface area contributed by atoms with Crippen molar-refractivity contribution < 1.29 is 29.4 Å². The van der Waals surface area contributed by atoms with Crippen molar-refractivity contribution >= 4 is 23.7 Å². The van der Waals surface area contributed by atoms with Crippen LogP contribution in [0.15, 0.2) is 17.6 Å². The van der Waals surface area contributed by atoms with E-state index in [1.807, 2.05) is 0 Å². The predicted molar refractivity (Wildman–Crippen MR) is 86.7 cm³/mol. The number of aliphatic imine (C=N–C) groups is 1. The number of carbonyl (C=O) groups is 2. The van der Waals surface area contributed by atoms with Gasteiger partial charge in [-0.1, -0.05) is 6.08 Å². The Morgan fingerprint density at radius 3 is 2.85 bits per heavy atom. The average Bonchev–Trinajstić information content (AvgIpc) is 3.00. The van der Waals surface area contributed by atoms with Gasteiger partial charge in [0.2, 0.25) is 5.96 Å². The highest BCUT2D eigenvalue weighted by Gasteiger charge is 2.60. The summed E-state index contributed by atoms with van der Waals surface area (Å²) in [6, 6.07) is -1.74. The Bertz CT molecular complexity index is 697. The molecule has 2 saturated heterocycles. The van der Waals surface area contributed by atoms with Gasteiger partial charge in [0, 0.05) is 6.54 Å². The van der Waals surface area contributed by atoms with Crippen LogP contribution in [0.4, 0.5) is 4.79 Å². The second-order valence-corrected chi connectivity index (χ2v) is 6.33. The van der Waals surface area contributed by atoms with Gasteiger partial charge in [-0.15, -0.1) is 6.58 Å². The lowest BCUT2D eigenvalue weighted by Crippen LogP contribution is -2.54. The second kappa shape index (κ2) is 6.41. The van der Waals surface area contributed by atoms with Crippen LogP contribution in [-0.4, -0.2) is 87.0 Å². The molecule has 12 nitrogen and oxygen atoms in total. The summed E-state index contributed by atoms with van der Waals surface area (Å²) in [6.07, 6.45) is -2.37. The molecule has 3 aliphatic rings. The van der Waals surface area contributed by atoms with E-state index in [0.29, 0.717) is 0 Å². The molecule has 5 atom stereocenters. The fourth-order valence-electron chi connectivity index (χ4n) is 3.27. The van der Waals surface area contributed by atoms with Gasteiger partial charge in [0.15, 0.2) is 24.2 Å². The third-order valence-electron chi connectivity index (χ3n) is 4.63. The van der Waals surface area contributed by atoms with E-state index in [9.17, 15) is 19.8 Å². The van der Waals surface area contributed by atoms with Gasteiger partial charge in [-0.25, -0.2) is 15.6 Å². The molecule has 5 unspecified atom stereocenters. The zero-order valence-corrected chi connectivity index (χ0v) is 14.0. The second-order valence-electron chi connectivity index (χ2n) is 6.33. The van der Waals surface area contributed by atoms with Gasteiger partial charge in [0.05, 0.1) is 6.61 Å². The lowest BCUT2D eigenvalue weighted by Gasteiger charge is -2.28. The van der Waals surface area contributed by atoms with Crippen molar-refractivity contribution in [1.82, 2.24) is 15.1 Å². The number of urea groups is 1. The van der Waals surface area contributed by atoms with Crippen LogP contribution < -0.4 is 11.2 Å². The molecule has 0 spiro atoms. The number of hydrogen-bond acceptors (Lipinski definition) is 8. The summed E-state index contributed by atoms with van der Waals surface area (Å²) in [7, 11) is 0. The molecule has 6 N–H and O–H groups in total. The van der Waals surface area contributed by atoms with Crippen molar-refractivity contribution in [3.05, 3.63) is 12.7 Å². The van der Waals surface area contributed by atoms with Gasteiger partial charge in [0.25, 0.3) is 5.91 Å². The molecule has 0 aromatic rings. The molecule has 0 aliphatic carbocycles. The molecular formula is C14H20N6O6. The Hall–Kier alpha value is -2.38. The molecular weight excluding hydrogens is 348 g/mol. The number of amides is 3. The van der Waals surface area contributed by atoms with Crippen LogP contribution in [0, 0.1) is 5.41 Å². The Kier molecular flexibility index (Phi) is 4.54. The Morgan fingerprint density at radius 1 is 1.58 bits per heavy atom. The van der Waals surface area contributed by atoms with Gasteiger partial charge in [-0.3, -0.25) is 20.4 Å². The number of amidine groups is 1. The third-order valence-corrected chi connectivity index (χ3v) is 4.63. The van der Waals surface area contributed by atoms with E-state index < -0.39 is 54.6 Å². The first-order chi connectivity index (χ1) is 12.3. The first-order valence-electron chi connectivity index (χ1n) is 7.80. The van der Waals surface area contributed by atoms with Crippen LogP contribution in [-0.2, 0) is 14.4 Å². The quantitative estimate of drug-likeness (QED) is 0.263. The zero-order chi connectivity index (χ0) is 19.2. The fraction of sp³-hybridized carbons (Fsp3) is 0.571. The molecule has 3 heterocycles. The number of ether oxygens (including phenoxy) is 1. The Morgan fingerprint density at radius 2 is 2.27 bits per heavy atom. The van der Waals surface area contributed by atoms with Crippen molar-refractivity contribution in [3.63, 3.8) is 0 Å². The van der Waals surface area contributed by atoms with Gasteiger partial charge in [-0.2, -0.15) is 4.99 Å². The lowest BCUT2D eigenvalue weighted by atomic mass is 9.98. The van der Waals surface area contributed by atoms with Crippen molar-refractivity contribution in [2.24, 2.45) is 10.9 Å². The number of fused-ring (bicyclic) bond motifs is 1. The average molecular weight is 368 g/mol. The maximum absolute atomic E-state index is 12.9. The van der Waals surface area contributed by atoms with E-state index in [-0.39, 0.29) is 12.4 Å². The zero-order valence-electron chi connectivity index (χ0n) is 14.0. The Balaban J connectivity index is 2.05. The molecule has 2 fully saturated rings. The number of nitrogens with zero attached hydrogens (tertiary/aromatic N) is 3.